The molecule has 0 atom stereocenters. The van der Waals surface area contributed by atoms with Gasteiger partial charge in [0.1, 0.15) is 0 Å². The highest BCUT2D eigenvalue weighted by Gasteiger charge is 2.18. The molecule has 100 valence electrons. The summed E-state index contributed by atoms with van der Waals surface area (Å²) in [5, 5.41) is 4.11. The van der Waals surface area contributed by atoms with Gasteiger partial charge in [-0.25, -0.2) is 4.68 Å². The first-order chi connectivity index (χ1) is 9.22. The van der Waals surface area contributed by atoms with Crippen molar-refractivity contribution in [1.82, 2.24) is 29.6 Å². The second kappa shape index (κ2) is 4.81. The Morgan fingerprint density at radius 2 is 1.79 bits per heavy atom. The summed E-state index contributed by atoms with van der Waals surface area (Å²) < 4.78 is 1.58. The van der Waals surface area contributed by atoms with Gasteiger partial charge in [-0.15, -0.1) is 0 Å². The molecule has 8 nitrogen and oxygen atoms in total. The summed E-state index contributed by atoms with van der Waals surface area (Å²) in [5.74, 6) is 1.28. The van der Waals surface area contributed by atoms with Gasteiger partial charge >= 0.3 is 0 Å². The topological polar surface area (TPSA) is 89.0 Å². The van der Waals surface area contributed by atoms with Crippen LogP contribution < -0.4 is 10.6 Å². The van der Waals surface area contributed by atoms with Crippen LogP contribution in [0.2, 0.25) is 0 Å². The molecule has 0 amide bonds. The quantitative estimate of drug-likeness (QED) is 0.770. The lowest BCUT2D eigenvalue weighted by Crippen LogP contribution is -2.45. The molecule has 3 rings (SSSR count). The van der Waals surface area contributed by atoms with Gasteiger partial charge in [0.15, 0.2) is 0 Å². The minimum Gasteiger partial charge on any atom is -0.368 e. The zero-order valence-electron chi connectivity index (χ0n) is 10.8. The van der Waals surface area contributed by atoms with Gasteiger partial charge in [-0.2, -0.15) is 20.1 Å². The largest absolute Gasteiger partial charge is 0.368 e. The molecular weight excluding hydrogens is 244 g/mol. The molecule has 0 unspecified atom stereocenters. The third kappa shape index (κ3) is 2.48. The lowest BCUT2D eigenvalue weighted by atomic mass is 10.3. The zero-order chi connectivity index (χ0) is 13.2. The Hall–Kier alpha value is -2.22. The van der Waals surface area contributed by atoms with E-state index in [0.29, 0.717) is 11.9 Å². The summed E-state index contributed by atoms with van der Waals surface area (Å²) in [6.07, 6.45) is 3.46. The molecule has 19 heavy (non-hydrogen) atoms. The van der Waals surface area contributed by atoms with E-state index in [1.807, 2.05) is 6.07 Å². The average molecular weight is 260 g/mol. The van der Waals surface area contributed by atoms with Crippen molar-refractivity contribution >= 4 is 11.9 Å². The molecule has 0 saturated carbocycles. The Bertz CT molecular complexity index is 544. The number of piperazine rings is 1. The van der Waals surface area contributed by atoms with Crippen LogP contribution in [0.15, 0.2) is 18.5 Å². The Balaban J connectivity index is 1.90. The summed E-state index contributed by atoms with van der Waals surface area (Å²) in [5.41, 5.74) is 5.76. The third-order valence-corrected chi connectivity index (χ3v) is 3.12. The first-order valence-electron chi connectivity index (χ1n) is 6.17. The standard InChI is InChI=1S/C11H16N8/c1-17-5-7-18(8-6-17)10-14-9(12)15-11(16-10)19-4-2-3-13-19/h2-4H,5-8H2,1H3,(H2,12,14,15,16). The van der Waals surface area contributed by atoms with Gasteiger partial charge in [0.25, 0.3) is 5.95 Å². The second-order valence-corrected chi connectivity index (χ2v) is 4.53. The molecule has 1 aliphatic heterocycles. The van der Waals surface area contributed by atoms with Crippen molar-refractivity contribution in [2.75, 3.05) is 43.9 Å². The summed E-state index contributed by atoms with van der Waals surface area (Å²) >= 11 is 0. The van der Waals surface area contributed by atoms with E-state index < -0.39 is 0 Å². The normalized spacial score (nSPS) is 16.8. The van der Waals surface area contributed by atoms with Gasteiger partial charge in [0.05, 0.1) is 0 Å². The number of hydrogen-bond donors (Lipinski definition) is 1. The predicted molar refractivity (Wildman–Crippen MR) is 71.1 cm³/mol. The fraction of sp³-hybridized carbons (Fsp3) is 0.455. The lowest BCUT2D eigenvalue weighted by molar-refractivity contribution is 0.311. The van der Waals surface area contributed by atoms with Crippen molar-refractivity contribution in [1.29, 1.82) is 0 Å². The van der Waals surface area contributed by atoms with E-state index in [-0.39, 0.29) is 5.95 Å². The molecule has 0 bridgehead atoms. The molecule has 8 heteroatoms. The molecule has 0 aromatic carbocycles. The molecule has 1 saturated heterocycles. The Kier molecular flexibility index (Phi) is 3.00. The number of likely N-dealkylation sites (N-methyl/N-ethyl adjacent to an activating group) is 1. The SMILES string of the molecule is CN1CCN(c2nc(N)nc(-n3cccn3)n2)CC1. The molecule has 1 fully saturated rings. The highest BCUT2D eigenvalue weighted by molar-refractivity contribution is 5.38. The number of nitrogens with zero attached hydrogens (tertiary/aromatic N) is 7. The van der Waals surface area contributed by atoms with E-state index in [4.69, 9.17) is 5.73 Å². The Labute approximate surface area is 110 Å². The van der Waals surface area contributed by atoms with Crippen LogP contribution in [0.25, 0.3) is 5.95 Å². The van der Waals surface area contributed by atoms with E-state index in [9.17, 15) is 0 Å². The van der Waals surface area contributed by atoms with E-state index in [1.165, 1.54) is 0 Å². The van der Waals surface area contributed by atoms with Crippen molar-refractivity contribution in [2.45, 2.75) is 0 Å². The van der Waals surface area contributed by atoms with Gasteiger partial charge < -0.3 is 15.5 Å². The maximum Gasteiger partial charge on any atom is 0.257 e. The molecule has 1 aliphatic rings. The fourth-order valence-corrected chi connectivity index (χ4v) is 2.01. The van der Waals surface area contributed by atoms with Crippen molar-refractivity contribution in [3.63, 3.8) is 0 Å². The zero-order valence-corrected chi connectivity index (χ0v) is 10.8. The van der Waals surface area contributed by atoms with E-state index in [1.54, 1.807) is 17.1 Å². The monoisotopic (exact) mass is 260 g/mol. The van der Waals surface area contributed by atoms with Crippen LogP contribution >= 0.6 is 0 Å². The van der Waals surface area contributed by atoms with Crippen molar-refractivity contribution < 1.29 is 0 Å². The molecule has 2 aromatic heterocycles. The lowest BCUT2D eigenvalue weighted by Gasteiger charge is -2.32. The first-order valence-corrected chi connectivity index (χ1v) is 6.17. The maximum absolute atomic E-state index is 5.76. The number of nitrogen functional groups attached to an aromatic ring is 1. The van der Waals surface area contributed by atoms with Crippen LogP contribution in [0.4, 0.5) is 11.9 Å². The van der Waals surface area contributed by atoms with Gasteiger partial charge in [0.2, 0.25) is 11.9 Å². The van der Waals surface area contributed by atoms with E-state index in [2.05, 4.69) is 36.9 Å². The van der Waals surface area contributed by atoms with Crippen LogP contribution in [-0.4, -0.2) is 62.9 Å². The van der Waals surface area contributed by atoms with Crippen molar-refractivity contribution in [3.8, 4) is 5.95 Å². The first kappa shape index (κ1) is 11.8. The molecule has 0 spiro atoms. The third-order valence-electron chi connectivity index (χ3n) is 3.12. The molecule has 3 heterocycles. The second-order valence-electron chi connectivity index (χ2n) is 4.53. The van der Waals surface area contributed by atoms with Gasteiger partial charge in [-0.1, -0.05) is 0 Å². The van der Waals surface area contributed by atoms with Crippen molar-refractivity contribution in [2.24, 2.45) is 0 Å². The minimum atomic E-state index is 0.217. The van der Waals surface area contributed by atoms with Crippen LogP contribution in [0, 0.1) is 0 Å². The van der Waals surface area contributed by atoms with Crippen LogP contribution in [0.1, 0.15) is 0 Å². The smallest absolute Gasteiger partial charge is 0.257 e. The molecule has 2 N–H and O–H groups in total. The van der Waals surface area contributed by atoms with Crippen LogP contribution in [0.3, 0.4) is 0 Å². The number of nitrogens with two attached hydrogens (primary N) is 1. The Morgan fingerprint density at radius 1 is 1.05 bits per heavy atom. The van der Waals surface area contributed by atoms with E-state index in [0.717, 1.165) is 26.2 Å². The average Bonchev–Trinajstić information content (AvgIpc) is 2.93. The fourth-order valence-electron chi connectivity index (χ4n) is 2.01. The molecular formula is C11H16N8. The summed E-state index contributed by atoms with van der Waals surface area (Å²) in [6, 6.07) is 1.81. The van der Waals surface area contributed by atoms with Gasteiger partial charge in [-0.05, 0) is 13.1 Å². The number of hydrogen-bond acceptors (Lipinski definition) is 7. The van der Waals surface area contributed by atoms with E-state index >= 15 is 0 Å². The summed E-state index contributed by atoms with van der Waals surface area (Å²) in [7, 11) is 2.11. The maximum atomic E-state index is 5.76. The van der Waals surface area contributed by atoms with Crippen LogP contribution in [0.5, 0.6) is 0 Å². The molecule has 0 aliphatic carbocycles. The van der Waals surface area contributed by atoms with Gasteiger partial charge in [-0.3, -0.25) is 0 Å². The predicted octanol–water partition coefficient (Wildman–Crippen LogP) is -0.609. The van der Waals surface area contributed by atoms with Crippen molar-refractivity contribution in [3.05, 3.63) is 18.5 Å². The Morgan fingerprint density at radius 3 is 2.47 bits per heavy atom. The van der Waals surface area contributed by atoms with Gasteiger partial charge in [0, 0.05) is 38.6 Å². The minimum absolute atomic E-state index is 0.217. The number of rotatable bonds is 2. The molecule has 2 aromatic rings. The number of anilines is 2. The number of aromatic nitrogens is 5. The van der Waals surface area contributed by atoms with Crippen LogP contribution in [-0.2, 0) is 0 Å². The summed E-state index contributed by atoms with van der Waals surface area (Å²) in [6.45, 7) is 3.75. The highest BCUT2D eigenvalue weighted by Crippen LogP contribution is 2.13. The summed E-state index contributed by atoms with van der Waals surface area (Å²) in [4.78, 5) is 17.1. The molecule has 0 radical (unpaired) electrons. The highest BCUT2D eigenvalue weighted by atomic mass is 15.4.